The van der Waals surface area contributed by atoms with E-state index in [2.05, 4.69) is 21.2 Å². The summed E-state index contributed by atoms with van der Waals surface area (Å²) in [6, 6.07) is 9.63. The number of hydrogen-bond acceptors (Lipinski definition) is 7. The predicted molar refractivity (Wildman–Crippen MR) is 128 cm³/mol. The number of nitriles is 1. The minimum atomic E-state index is -0.736. The number of piperazine rings is 1. The molecule has 1 unspecified atom stereocenters. The lowest BCUT2D eigenvalue weighted by molar-refractivity contribution is -0.136. The topological polar surface area (TPSA) is 106 Å². The summed E-state index contributed by atoms with van der Waals surface area (Å²) in [5, 5.41) is 11.5. The van der Waals surface area contributed by atoms with Crippen LogP contribution in [-0.2, 0) is 22.7 Å². The smallest absolute Gasteiger partial charge is 0.255 e. The van der Waals surface area contributed by atoms with E-state index in [0.717, 1.165) is 24.2 Å². The average Bonchev–Trinajstić information content (AvgIpc) is 3.20. The molecule has 5 rings (SSSR count). The Kier molecular flexibility index (Phi) is 6.33. The van der Waals surface area contributed by atoms with E-state index in [1.165, 1.54) is 17.0 Å². The van der Waals surface area contributed by atoms with Crippen molar-refractivity contribution in [1.29, 1.82) is 5.26 Å². The number of nitrogens with zero attached hydrogens (tertiary/aromatic N) is 4. The quantitative estimate of drug-likeness (QED) is 0.636. The van der Waals surface area contributed by atoms with Crippen LogP contribution in [0.1, 0.15) is 39.9 Å². The number of fused-ring (bicyclic) bond motifs is 1. The molecule has 3 aliphatic heterocycles. The number of piperidine rings is 1. The maximum absolute atomic E-state index is 14.6. The van der Waals surface area contributed by atoms with Crippen molar-refractivity contribution in [3.05, 3.63) is 58.4 Å². The zero-order valence-electron chi connectivity index (χ0n) is 19.9. The van der Waals surface area contributed by atoms with Crippen LogP contribution >= 0.6 is 0 Å². The number of ether oxygens (including phenoxy) is 1. The first-order valence-electron chi connectivity index (χ1n) is 11.9. The molecule has 0 bridgehead atoms. The van der Waals surface area contributed by atoms with Crippen LogP contribution < -0.4 is 15.0 Å². The third-order valence-electron chi connectivity index (χ3n) is 7.10. The van der Waals surface area contributed by atoms with Gasteiger partial charge < -0.3 is 14.5 Å². The predicted octanol–water partition coefficient (Wildman–Crippen LogP) is 1.79. The lowest BCUT2D eigenvalue weighted by atomic mass is 10.0. The lowest BCUT2D eigenvalue weighted by Crippen LogP contribution is -2.52. The Balaban J connectivity index is 1.29. The first-order valence-corrected chi connectivity index (χ1v) is 11.9. The molecule has 2 aromatic rings. The highest BCUT2D eigenvalue weighted by atomic mass is 19.1. The Bertz CT molecular complexity index is 1280. The van der Waals surface area contributed by atoms with E-state index in [9.17, 15) is 24.0 Å². The van der Waals surface area contributed by atoms with Crippen LogP contribution in [0.3, 0.4) is 0 Å². The molecule has 10 heteroatoms. The van der Waals surface area contributed by atoms with Gasteiger partial charge in [0.25, 0.3) is 5.91 Å². The highest BCUT2D eigenvalue weighted by Gasteiger charge is 2.41. The molecular formula is C26H26FN5O4. The van der Waals surface area contributed by atoms with Crippen molar-refractivity contribution in [2.75, 3.05) is 38.2 Å². The SMILES string of the molecule is COc1cc(CN2CCN(c3cc(F)cc4c3CN(C3CCC(=O)NC3=O)C4=O)CC2)ccc1C#N. The average molecular weight is 492 g/mol. The molecule has 1 atom stereocenters. The van der Waals surface area contributed by atoms with Gasteiger partial charge in [0.2, 0.25) is 11.8 Å². The molecule has 0 aliphatic carbocycles. The fraction of sp³-hybridized carbons (Fsp3) is 0.385. The fourth-order valence-electron chi connectivity index (χ4n) is 5.22. The van der Waals surface area contributed by atoms with E-state index < -0.39 is 17.8 Å². The molecule has 3 aliphatic rings. The lowest BCUT2D eigenvalue weighted by Gasteiger charge is -2.37. The highest BCUT2D eigenvalue weighted by Crippen LogP contribution is 2.35. The van der Waals surface area contributed by atoms with Gasteiger partial charge in [-0.25, -0.2) is 4.39 Å². The number of amides is 3. The Labute approximate surface area is 208 Å². The molecule has 0 aromatic heterocycles. The first kappa shape index (κ1) is 23.8. The molecule has 36 heavy (non-hydrogen) atoms. The maximum Gasteiger partial charge on any atom is 0.255 e. The van der Waals surface area contributed by atoms with Crippen molar-refractivity contribution < 1.29 is 23.5 Å². The molecule has 1 N–H and O–H groups in total. The van der Waals surface area contributed by atoms with Crippen LogP contribution in [-0.4, -0.2) is 66.9 Å². The Hall–Kier alpha value is -3.97. The van der Waals surface area contributed by atoms with Crippen molar-refractivity contribution in [2.45, 2.75) is 32.0 Å². The van der Waals surface area contributed by atoms with E-state index >= 15 is 0 Å². The number of methoxy groups -OCH3 is 1. The Morgan fingerprint density at radius 3 is 2.61 bits per heavy atom. The first-order chi connectivity index (χ1) is 17.4. The van der Waals surface area contributed by atoms with Gasteiger partial charge >= 0.3 is 0 Å². The van der Waals surface area contributed by atoms with Crippen LogP contribution in [0.5, 0.6) is 5.75 Å². The van der Waals surface area contributed by atoms with Gasteiger partial charge in [0.05, 0.1) is 12.7 Å². The largest absolute Gasteiger partial charge is 0.495 e. The monoisotopic (exact) mass is 491 g/mol. The van der Waals surface area contributed by atoms with Crippen LogP contribution in [0.4, 0.5) is 10.1 Å². The van der Waals surface area contributed by atoms with Gasteiger partial charge in [0.15, 0.2) is 0 Å². The van der Waals surface area contributed by atoms with Crippen molar-refractivity contribution in [2.24, 2.45) is 0 Å². The molecular weight excluding hydrogens is 465 g/mol. The summed E-state index contributed by atoms with van der Waals surface area (Å²) in [6.07, 6.45) is 0.436. The van der Waals surface area contributed by atoms with Crippen molar-refractivity contribution >= 4 is 23.4 Å². The van der Waals surface area contributed by atoms with Crippen LogP contribution in [0.2, 0.25) is 0 Å². The summed E-state index contributed by atoms with van der Waals surface area (Å²) in [4.78, 5) is 42.8. The number of carbonyl (C=O) groups excluding carboxylic acids is 3. The van der Waals surface area contributed by atoms with E-state index in [0.29, 0.717) is 36.6 Å². The van der Waals surface area contributed by atoms with Gasteiger partial charge in [-0.05, 0) is 36.2 Å². The zero-order valence-corrected chi connectivity index (χ0v) is 19.9. The van der Waals surface area contributed by atoms with E-state index in [1.54, 1.807) is 13.2 Å². The molecule has 0 spiro atoms. The van der Waals surface area contributed by atoms with E-state index in [-0.39, 0.29) is 36.8 Å². The molecule has 0 saturated carbocycles. The molecule has 9 nitrogen and oxygen atoms in total. The number of rotatable bonds is 5. The summed E-state index contributed by atoms with van der Waals surface area (Å²) >= 11 is 0. The zero-order chi connectivity index (χ0) is 25.4. The second-order valence-electron chi connectivity index (χ2n) is 9.26. The molecule has 3 amide bonds. The Morgan fingerprint density at radius 2 is 1.92 bits per heavy atom. The van der Waals surface area contributed by atoms with E-state index in [1.807, 2.05) is 12.1 Å². The fourth-order valence-corrected chi connectivity index (χ4v) is 5.22. The number of imide groups is 1. The molecule has 2 fully saturated rings. The number of carbonyl (C=O) groups is 3. The standard InChI is InChI=1S/C26H26FN5O4/c1-36-23-10-16(2-3-17(23)13-28)14-30-6-8-31(9-7-30)22-12-18(27)11-19-20(22)15-32(26(19)35)21-4-5-24(33)29-25(21)34/h2-3,10-12,21H,4-9,14-15H2,1H3,(H,29,33,34). The van der Waals surface area contributed by atoms with Crippen LogP contribution in [0.15, 0.2) is 30.3 Å². The summed E-state index contributed by atoms with van der Waals surface area (Å²) in [6.45, 7) is 3.67. The number of halogens is 1. The maximum atomic E-state index is 14.6. The molecule has 2 aromatic carbocycles. The third-order valence-corrected chi connectivity index (χ3v) is 7.10. The Morgan fingerprint density at radius 1 is 1.14 bits per heavy atom. The van der Waals surface area contributed by atoms with Crippen molar-refractivity contribution in [3.8, 4) is 11.8 Å². The number of benzene rings is 2. The summed E-state index contributed by atoms with van der Waals surface area (Å²) < 4.78 is 19.9. The number of hydrogen-bond donors (Lipinski definition) is 1. The van der Waals surface area contributed by atoms with Crippen molar-refractivity contribution in [1.82, 2.24) is 15.1 Å². The van der Waals surface area contributed by atoms with Crippen molar-refractivity contribution in [3.63, 3.8) is 0 Å². The third kappa shape index (κ3) is 4.38. The minimum absolute atomic E-state index is 0.171. The highest BCUT2D eigenvalue weighted by molar-refractivity contribution is 6.06. The second-order valence-corrected chi connectivity index (χ2v) is 9.26. The number of anilines is 1. The van der Waals surface area contributed by atoms with E-state index in [4.69, 9.17) is 4.74 Å². The van der Waals surface area contributed by atoms with Gasteiger partial charge in [0, 0.05) is 62.5 Å². The summed E-state index contributed by atoms with van der Waals surface area (Å²) in [5.41, 5.74) is 3.20. The van der Waals surface area contributed by atoms with Gasteiger partial charge in [-0.15, -0.1) is 0 Å². The molecule has 0 radical (unpaired) electrons. The second kappa shape index (κ2) is 9.59. The van der Waals surface area contributed by atoms with Gasteiger partial charge in [0.1, 0.15) is 23.7 Å². The molecule has 2 saturated heterocycles. The minimum Gasteiger partial charge on any atom is -0.495 e. The van der Waals surface area contributed by atoms with Gasteiger partial charge in [-0.3, -0.25) is 24.6 Å². The molecule has 3 heterocycles. The van der Waals surface area contributed by atoms with Gasteiger partial charge in [-0.2, -0.15) is 5.26 Å². The summed E-state index contributed by atoms with van der Waals surface area (Å²) in [7, 11) is 1.54. The van der Waals surface area contributed by atoms with Gasteiger partial charge in [-0.1, -0.05) is 6.07 Å². The summed E-state index contributed by atoms with van der Waals surface area (Å²) in [5.74, 6) is -1.15. The number of nitrogens with one attached hydrogen (secondary N) is 1. The normalized spacial score (nSPS) is 20.2. The van der Waals surface area contributed by atoms with Crippen LogP contribution in [0, 0.1) is 17.1 Å². The molecule has 186 valence electrons. The van der Waals surface area contributed by atoms with Crippen LogP contribution in [0.25, 0.3) is 0 Å².